The maximum absolute atomic E-state index is 12.9. The summed E-state index contributed by atoms with van der Waals surface area (Å²) in [5.74, 6) is -1.58. The van der Waals surface area contributed by atoms with Gasteiger partial charge in [-0.05, 0) is 109 Å². The van der Waals surface area contributed by atoms with Gasteiger partial charge in [0.05, 0.1) is 19.8 Å². The van der Waals surface area contributed by atoms with Gasteiger partial charge in [-0.25, -0.2) is 4.57 Å². The van der Waals surface area contributed by atoms with Gasteiger partial charge in [-0.3, -0.25) is 23.4 Å². The number of rotatable bonds is 55. The van der Waals surface area contributed by atoms with Crippen molar-refractivity contribution in [3.8, 4) is 0 Å². The minimum absolute atomic E-state index is 0.0969. The number of hydrogen-bond acceptors (Lipinski definition) is 10. The Morgan fingerprint density at radius 2 is 0.711 bits per heavy atom. The number of hydrogen-bond donors (Lipinski definition) is 2. The van der Waals surface area contributed by atoms with E-state index in [1.165, 1.54) is 83.5 Å². The molecule has 0 aliphatic carbocycles. The maximum atomic E-state index is 12.9. The maximum Gasteiger partial charge on any atom is 0.472 e. The summed E-state index contributed by atoms with van der Waals surface area (Å²) in [6.07, 6.45) is 68.0. The third-order valence-electron chi connectivity index (χ3n) is 12.5. The molecule has 11 nitrogen and oxygen atoms in total. The molecule has 0 aromatic heterocycles. The molecule has 2 N–H and O–H groups in total. The number of unbranched alkanes of at least 4 members (excludes halogenated alkanes) is 22. The zero-order valence-electron chi connectivity index (χ0n) is 48.2. The SMILES string of the molecule is CC/C=C\C/C=C\C/C=C\C/C=C\C/C=C\C/C=C\CCC(=O)OCC(COP(=O)(O)OCC(CO)OC(=O)CCCCCCC/C=C\CCCCCC)OC(=O)CCCCCCCCC/C=C\CCCCCCCC. The van der Waals surface area contributed by atoms with Crippen LogP contribution in [0.25, 0.3) is 0 Å². The molecule has 3 atom stereocenters. The van der Waals surface area contributed by atoms with Crippen LogP contribution in [0.3, 0.4) is 0 Å². The fraction of sp³-hybridized carbons (Fsp3) is 0.703. The van der Waals surface area contributed by atoms with Crippen LogP contribution < -0.4 is 0 Å². The average Bonchev–Trinajstić information content (AvgIpc) is 3.41. The first-order valence-corrected chi connectivity index (χ1v) is 31.6. The quantitative estimate of drug-likeness (QED) is 0.0197. The Kier molecular flexibility index (Phi) is 54.8. The summed E-state index contributed by atoms with van der Waals surface area (Å²) in [6.45, 7) is 4.42. The van der Waals surface area contributed by atoms with Crippen LogP contribution in [-0.4, -0.2) is 66.5 Å². The lowest BCUT2D eigenvalue weighted by Crippen LogP contribution is -2.30. The van der Waals surface area contributed by atoms with Gasteiger partial charge in [0.1, 0.15) is 12.7 Å². The van der Waals surface area contributed by atoms with Crippen LogP contribution in [0.1, 0.15) is 252 Å². The number of carbonyl (C=O) groups excluding carboxylic acids is 3. The van der Waals surface area contributed by atoms with Crippen LogP contribution in [0.15, 0.2) is 97.2 Å². The minimum Gasteiger partial charge on any atom is -0.462 e. The third-order valence-corrected chi connectivity index (χ3v) is 13.4. The van der Waals surface area contributed by atoms with Gasteiger partial charge >= 0.3 is 25.7 Å². The van der Waals surface area contributed by atoms with Gasteiger partial charge in [-0.15, -0.1) is 0 Å². The summed E-state index contributed by atoms with van der Waals surface area (Å²) in [5, 5.41) is 9.82. The van der Waals surface area contributed by atoms with E-state index in [2.05, 4.69) is 106 Å². The monoisotopic (exact) mass is 1080 g/mol. The van der Waals surface area contributed by atoms with E-state index in [1.807, 2.05) is 12.2 Å². The summed E-state index contributed by atoms with van der Waals surface area (Å²) in [7, 11) is -4.77. The molecular weight excluding hydrogens is 976 g/mol. The van der Waals surface area contributed by atoms with Gasteiger partial charge in [0.25, 0.3) is 0 Å². The van der Waals surface area contributed by atoms with Crippen LogP contribution in [-0.2, 0) is 42.2 Å². The van der Waals surface area contributed by atoms with Gasteiger partial charge in [-0.2, -0.15) is 0 Å². The number of phosphoric ester groups is 1. The smallest absolute Gasteiger partial charge is 0.462 e. The standard InChI is InChI=1S/C64H109O11P/c1-4-7-10-13-16-19-22-25-27-29-30-32-33-36-38-41-44-47-50-53-62(66)71-57-61(75-64(68)55-52-49-46-43-40-37-34-31-28-26-23-20-17-14-11-8-5-2)59-73-76(69,70)72-58-60(56-65)74-63(67)54-51-48-45-42-39-35-24-21-18-15-12-9-6-3/h7,10,16,19,21,24-28,30,32,36,38,44,47,60-61,65H,4-6,8-9,11-15,17-18,20,22-23,29,31,33-35,37,39-43,45-46,48-59H2,1-3H3,(H,69,70)/b10-7-,19-16-,24-21-,27-25-,28-26-,32-30-,38-36-,47-44-. The van der Waals surface area contributed by atoms with Crippen molar-refractivity contribution in [1.82, 2.24) is 0 Å². The topological polar surface area (TPSA) is 155 Å². The Hall–Kier alpha value is -3.60. The summed E-state index contributed by atoms with van der Waals surface area (Å²) >= 11 is 0. The van der Waals surface area contributed by atoms with Gasteiger partial charge < -0.3 is 24.2 Å². The first-order valence-electron chi connectivity index (χ1n) is 30.1. The third kappa shape index (κ3) is 55.2. The first-order chi connectivity index (χ1) is 37.2. The van der Waals surface area contributed by atoms with E-state index in [-0.39, 0.29) is 25.9 Å². The molecule has 0 bridgehead atoms. The summed E-state index contributed by atoms with van der Waals surface area (Å²) < 4.78 is 39.5. The highest BCUT2D eigenvalue weighted by molar-refractivity contribution is 7.47. The molecule has 0 saturated carbocycles. The second-order valence-corrected chi connectivity index (χ2v) is 21.2. The molecule has 0 aromatic rings. The van der Waals surface area contributed by atoms with Crippen molar-refractivity contribution >= 4 is 25.7 Å². The number of aliphatic hydroxyl groups excluding tert-OH is 1. The molecule has 0 fully saturated rings. The molecular formula is C64H109O11P. The molecule has 0 aliphatic heterocycles. The molecule has 0 saturated heterocycles. The highest BCUT2D eigenvalue weighted by atomic mass is 31.2. The van der Waals surface area contributed by atoms with Crippen LogP contribution >= 0.6 is 7.82 Å². The van der Waals surface area contributed by atoms with Crippen molar-refractivity contribution in [2.75, 3.05) is 26.4 Å². The van der Waals surface area contributed by atoms with Gasteiger partial charge in [-0.1, -0.05) is 221 Å². The summed E-state index contributed by atoms with van der Waals surface area (Å²) in [6, 6.07) is 0. The molecule has 0 rings (SSSR count). The van der Waals surface area contributed by atoms with E-state index in [9.17, 15) is 28.9 Å². The zero-order valence-corrected chi connectivity index (χ0v) is 49.1. The first kappa shape index (κ1) is 72.4. The number of allylic oxidation sites excluding steroid dienone is 16. The number of ether oxygens (including phenoxy) is 3. The molecule has 0 aromatic carbocycles. The Morgan fingerprint density at radius 3 is 1.12 bits per heavy atom. The second kappa shape index (κ2) is 57.6. The lowest BCUT2D eigenvalue weighted by atomic mass is 10.1. The second-order valence-electron chi connectivity index (χ2n) is 19.8. The highest BCUT2D eigenvalue weighted by Gasteiger charge is 2.28. The Balaban J connectivity index is 4.84. The molecule has 12 heteroatoms. The van der Waals surface area contributed by atoms with Crippen molar-refractivity contribution in [1.29, 1.82) is 0 Å². The Labute approximate surface area is 463 Å². The fourth-order valence-electron chi connectivity index (χ4n) is 7.90. The highest BCUT2D eigenvalue weighted by Crippen LogP contribution is 2.43. The fourth-order valence-corrected chi connectivity index (χ4v) is 8.68. The lowest BCUT2D eigenvalue weighted by Gasteiger charge is -2.21. The largest absolute Gasteiger partial charge is 0.472 e. The number of aliphatic hydroxyl groups is 1. The Bertz CT molecular complexity index is 1640. The van der Waals surface area contributed by atoms with Crippen molar-refractivity contribution in [2.24, 2.45) is 0 Å². The summed E-state index contributed by atoms with van der Waals surface area (Å²) in [5.41, 5.74) is 0. The zero-order chi connectivity index (χ0) is 55.5. The minimum atomic E-state index is -4.77. The Morgan fingerprint density at radius 1 is 0.382 bits per heavy atom. The van der Waals surface area contributed by atoms with Crippen LogP contribution in [0.5, 0.6) is 0 Å². The van der Waals surface area contributed by atoms with Crippen molar-refractivity contribution in [3.63, 3.8) is 0 Å². The molecule has 3 unspecified atom stereocenters. The molecule has 0 radical (unpaired) electrons. The van der Waals surface area contributed by atoms with Gasteiger partial charge in [0.2, 0.25) is 0 Å². The lowest BCUT2D eigenvalue weighted by molar-refractivity contribution is -0.161. The van der Waals surface area contributed by atoms with Crippen molar-refractivity contribution < 1.29 is 52.2 Å². The van der Waals surface area contributed by atoms with Gasteiger partial charge in [0.15, 0.2) is 6.10 Å². The predicted molar refractivity (Wildman–Crippen MR) is 316 cm³/mol. The van der Waals surface area contributed by atoms with Crippen LogP contribution in [0.4, 0.5) is 0 Å². The summed E-state index contributed by atoms with van der Waals surface area (Å²) in [4.78, 5) is 48.6. The molecule has 0 heterocycles. The van der Waals surface area contributed by atoms with Gasteiger partial charge in [0, 0.05) is 19.3 Å². The number of phosphoric acid groups is 1. The molecule has 0 amide bonds. The predicted octanol–water partition coefficient (Wildman–Crippen LogP) is 18.0. The van der Waals surface area contributed by atoms with Crippen LogP contribution in [0.2, 0.25) is 0 Å². The average molecular weight is 1090 g/mol. The molecule has 0 spiro atoms. The molecule has 436 valence electrons. The number of carbonyl (C=O) groups is 3. The van der Waals surface area contributed by atoms with E-state index in [1.54, 1.807) is 0 Å². The van der Waals surface area contributed by atoms with E-state index in [4.69, 9.17) is 23.3 Å². The molecule has 0 aliphatic rings. The van der Waals surface area contributed by atoms with Crippen LogP contribution in [0, 0.1) is 0 Å². The van der Waals surface area contributed by atoms with Crippen molar-refractivity contribution in [2.45, 2.75) is 264 Å². The van der Waals surface area contributed by atoms with E-state index in [0.717, 1.165) is 109 Å². The van der Waals surface area contributed by atoms with E-state index in [0.29, 0.717) is 19.3 Å². The van der Waals surface area contributed by atoms with E-state index < -0.39 is 57.8 Å². The van der Waals surface area contributed by atoms with Crippen molar-refractivity contribution in [3.05, 3.63) is 97.2 Å². The molecule has 76 heavy (non-hydrogen) atoms. The van der Waals surface area contributed by atoms with E-state index >= 15 is 0 Å². The number of esters is 3. The normalized spacial score (nSPS) is 14.0.